The molecule has 136 valence electrons. The maximum Gasteiger partial charge on any atom is 0.255 e. The Balaban J connectivity index is 1.29. The molecule has 1 aliphatic carbocycles. The van der Waals surface area contributed by atoms with Crippen LogP contribution in [-0.4, -0.2) is 47.3 Å². The summed E-state index contributed by atoms with van der Waals surface area (Å²) in [4.78, 5) is 37.7. The molecule has 3 fully saturated rings. The zero-order valence-corrected chi connectivity index (χ0v) is 14.5. The van der Waals surface area contributed by atoms with E-state index >= 15 is 0 Å². The molecule has 0 radical (unpaired) electrons. The Bertz CT molecular complexity index is 823. The zero-order valence-electron chi connectivity index (χ0n) is 14.5. The molecule has 1 aromatic rings. The predicted molar refractivity (Wildman–Crippen MR) is 93.0 cm³/mol. The van der Waals surface area contributed by atoms with Gasteiger partial charge >= 0.3 is 0 Å². The average molecular weight is 354 g/mol. The van der Waals surface area contributed by atoms with Crippen LogP contribution in [0.25, 0.3) is 0 Å². The third-order valence-corrected chi connectivity index (χ3v) is 6.30. The van der Waals surface area contributed by atoms with Gasteiger partial charge in [-0.3, -0.25) is 19.7 Å². The highest BCUT2D eigenvalue weighted by Crippen LogP contribution is 2.46. The first-order chi connectivity index (χ1) is 12.6. The van der Waals surface area contributed by atoms with Crippen molar-refractivity contribution >= 4 is 17.7 Å². The minimum atomic E-state index is -0.551. The van der Waals surface area contributed by atoms with Gasteiger partial charge in [-0.05, 0) is 42.5 Å². The van der Waals surface area contributed by atoms with Crippen molar-refractivity contribution in [2.24, 2.45) is 5.92 Å². The van der Waals surface area contributed by atoms with Gasteiger partial charge in [0.05, 0.1) is 0 Å². The molecule has 7 nitrogen and oxygen atoms in total. The molecule has 3 N–H and O–H groups in total. The standard InChI is InChI=1S/C19H22N4O3/c24-16-4-3-15(17(25)22-16)23-9-12-5-11(1-2-14(12)18(23)26)7-21-19-6-13(19)8-20-10-19/h1-2,5,13,15,20-21H,3-4,6-10H2,(H,22,24,25)/t13-,15?,19-/m1/s1. The number of fused-ring (bicyclic) bond motifs is 2. The van der Waals surface area contributed by atoms with Crippen LogP contribution >= 0.6 is 0 Å². The van der Waals surface area contributed by atoms with Crippen LogP contribution in [0, 0.1) is 5.92 Å². The van der Waals surface area contributed by atoms with Gasteiger partial charge in [-0.25, -0.2) is 0 Å². The second kappa shape index (κ2) is 5.62. The molecule has 7 heteroatoms. The van der Waals surface area contributed by atoms with E-state index in [0.717, 1.165) is 36.7 Å². The first kappa shape index (κ1) is 16.0. The molecule has 2 saturated heterocycles. The molecule has 1 aromatic carbocycles. The molecular formula is C19H22N4O3. The Hall–Kier alpha value is -2.25. The van der Waals surface area contributed by atoms with Gasteiger partial charge < -0.3 is 15.5 Å². The summed E-state index contributed by atoms with van der Waals surface area (Å²) in [6, 6.07) is 5.39. The summed E-state index contributed by atoms with van der Waals surface area (Å²) in [5, 5.41) is 9.43. The van der Waals surface area contributed by atoms with Gasteiger partial charge in [0.15, 0.2) is 0 Å². The third kappa shape index (κ3) is 2.46. The second-order valence-electron chi connectivity index (χ2n) is 7.93. The number of carbonyl (C=O) groups excluding carboxylic acids is 3. The van der Waals surface area contributed by atoms with E-state index < -0.39 is 6.04 Å². The van der Waals surface area contributed by atoms with E-state index in [9.17, 15) is 14.4 Å². The Kier molecular flexibility index (Phi) is 3.45. The Morgan fingerprint density at radius 1 is 1.27 bits per heavy atom. The number of carbonyl (C=O) groups is 3. The number of rotatable bonds is 4. The smallest absolute Gasteiger partial charge is 0.255 e. The normalized spacial score (nSPS) is 32.5. The highest BCUT2D eigenvalue weighted by atomic mass is 16.2. The lowest BCUT2D eigenvalue weighted by molar-refractivity contribution is -0.136. The number of piperidine rings is 2. The summed E-state index contributed by atoms with van der Waals surface area (Å²) in [6.07, 6.45) is 1.92. The minimum Gasteiger partial charge on any atom is -0.322 e. The van der Waals surface area contributed by atoms with E-state index in [4.69, 9.17) is 0 Å². The number of imide groups is 1. The van der Waals surface area contributed by atoms with Crippen LogP contribution in [0.15, 0.2) is 18.2 Å². The largest absolute Gasteiger partial charge is 0.322 e. The van der Waals surface area contributed by atoms with Gasteiger partial charge in [0.1, 0.15) is 6.04 Å². The van der Waals surface area contributed by atoms with Crippen molar-refractivity contribution in [3.8, 4) is 0 Å². The number of nitrogens with one attached hydrogen (secondary N) is 3. The molecule has 0 spiro atoms. The second-order valence-corrected chi connectivity index (χ2v) is 7.93. The lowest BCUT2D eigenvalue weighted by Gasteiger charge is -2.29. The van der Waals surface area contributed by atoms with Crippen molar-refractivity contribution in [2.45, 2.75) is 43.9 Å². The summed E-state index contributed by atoms with van der Waals surface area (Å²) in [5.41, 5.74) is 3.07. The summed E-state index contributed by atoms with van der Waals surface area (Å²) in [6.45, 7) is 3.36. The predicted octanol–water partition coefficient (Wildman–Crippen LogP) is -0.101. The van der Waals surface area contributed by atoms with Crippen LogP contribution in [0.4, 0.5) is 0 Å². The molecule has 5 rings (SSSR count). The van der Waals surface area contributed by atoms with Crippen molar-refractivity contribution < 1.29 is 14.4 Å². The van der Waals surface area contributed by atoms with E-state index in [1.54, 1.807) is 4.90 Å². The molecule has 4 aliphatic rings. The Labute approximate surface area is 151 Å². The molecule has 3 amide bonds. The number of nitrogens with zero attached hydrogens (tertiary/aromatic N) is 1. The summed E-state index contributed by atoms with van der Waals surface area (Å²) < 4.78 is 0. The van der Waals surface area contributed by atoms with E-state index in [-0.39, 0.29) is 29.7 Å². The third-order valence-electron chi connectivity index (χ3n) is 6.30. The molecule has 3 heterocycles. The SMILES string of the molecule is O=C1CCC(N2Cc3cc(CN[C@]45CNC[C@H]4C5)ccc3C2=O)C(=O)N1. The topological polar surface area (TPSA) is 90.5 Å². The van der Waals surface area contributed by atoms with Crippen LogP contribution in [0.1, 0.15) is 40.7 Å². The highest BCUT2D eigenvalue weighted by molar-refractivity contribution is 6.05. The first-order valence-electron chi connectivity index (χ1n) is 9.28. The summed E-state index contributed by atoms with van der Waals surface area (Å²) >= 11 is 0. The summed E-state index contributed by atoms with van der Waals surface area (Å²) in [5.74, 6) is 0.0104. The van der Waals surface area contributed by atoms with Gasteiger partial charge in [-0.1, -0.05) is 12.1 Å². The van der Waals surface area contributed by atoms with Crippen molar-refractivity contribution in [3.63, 3.8) is 0 Å². The van der Waals surface area contributed by atoms with Gasteiger partial charge in [0, 0.05) is 37.2 Å². The fraction of sp³-hybridized carbons (Fsp3) is 0.526. The highest BCUT2D eigenvalue weighted by Gasteiger charge is 2.56. The van der Waals surface area contributed by atoms with Crippen molar-refractivity contribution in [3.05, 3.63) is 34.9 Å². The fourth-order valence-electron chi connectivity index (χ4n) is 4.63. The molecule has 0 bridgehead atoms. The molecule has 26 heavy (non-hydrogen) atoms. The van der Waals surface area contributed by atoms with Crippen molar-refractivity contribution in [2.75, 3.05) is 13.1 Å². The monoisotopic (exact) mass is 354 g/mol. The molecular weight excluding hydrogens is 332 g/mol. The molecule has 3 atom stereocenters. The van der Waals surface area contributed by atoms with Crippen LogP contribution in [0.3, 0.4) is 0 Å². The van der Waals surface area contributed by atoms with Crippen LogP contribution in [-0.2, 0) is 22.7 Å². The van der Waals surface area contributed by atoms with Crippen molar-refractivity contribution in [1.29, 1.82) is 0 Å². The van der Waals surface area contributed by atoms with E-state index in [1.165, 1.54) is 6.42 Å². The lowest BCUT2D eigenvalue weighted by atomic mass is 10.0. The molecule has 3 aliphatic heterocycles. The van der Waals surface area contributed by atoms with E-state index in [1.807, 2.05) is 12.1 Å². The number of hydrogen-bond acceptors (Lipinski definition) is 5. The maximum atomic E-state index is 12.7. The van der Waals surface area contributed by atoms with E-state index in [0.29, 0.717) is 18.5 Å². The fourth-order valence-corrected chi connectivity index (χ4v) is 4.63. The molecule has 1 saturated carbocycles. The zero-order chi connectivity index (χ0) is 17.9. The van der Waals surface area contributed by atoms with E-state index in [2.05, 4.69) is 22.0 Å². The maximum absolute atomic E-state index is 12.7. The quantitative estimate of drug-likeness (QED) is 0.657. The van der Waals surface area contributed by atoms with Crippen molar-refractivity contribution in [1.82, 2.24) is 20.9 Å². The number of benzene rings is 1. The lowest BCUT2D eigenvalue weighted by Crippen LogP contribution is -2.52. The van der Waals surface area contributed by atoms with Crippen LogP contribution < -0.4 is 16.0 Å². The minimum absolute atomic E-state index is 0.116. The Morgan fingerprint density at radius 2 is 2.15 bits per heavy atom. The number of amides is 3. The van der Waals surface area contributed by atoms with Gasteiger partial charge in [0.25, 0.3) is 5.91 Å². The Morgan fingerprint density at radius 3 is 2.88 bits per heavy atom. The molecule has 1 unspecified atom stereocenters. The van der Waals surface area contributed by atoms with Crippen LogP contribution in [0.2, 0.25) is 0 Å². The number of hydrogen-bond donors (Lipinski definition) is 3. The van der Waals surface area contributed by atoms with Gasteiger partial charge in [-0.15, -0.1) is 0 Å². The molecule has 0 aromatic heterocycles. The average Bonchev–Trinajstić information content (AvgIpc) is 3.00. The van der Waals surface area contributed by atoms with Crippen LogP contribution in [0.5, 0.6) is 0 Å². The first-order valence-corrected chi connectivity index (χ1v) is 9.28. The van der Waals surface area contributed by atoms with Gasteiger partial charge in [-0.2, -0.15) is 0 Å². The van der Waals surface area contributed by atoms with Gasteiger partial charge in [0.2, 0.25) is 11.8 Å². The summed E-state index contributed by atoms with van der Waals surface area (Å²) in [7, 11) is 0.